The van der Waals surface area contributed by atoms with E-state index in [0.29, 0.717) is 12.4 Å². The molecule has 7 nitrogen and oxygen atoms in total. The summed E-state index contributed by atoms with van der Waals surface area (Å²) in [6, 6.07) is 0. The molecule has 7 heteroatoms. The maximum Gasteiger partial charge on any atom is 0.134 e. The van der Waals surface area contributed by atoms with Crippen LogP contribution in [0.15, 0.2) is 12.4 Å². The first kappa shape index (κ1) is 13.3. The first-order valence-corrected chi connectivity index (χ1v) is 6.41. The van der Waals surface area contributed by atoms with Crippen LogP contribution in [-0.2, 0) is 13.0 Å². The molecule has 0 spiro atoms. The van der Waals surface area contributed by atoms with Gasteiger partial charge in [-0.15, -0.1) is 5.10 Å². The van der Waals surface area contributed by atoms with Crippen LogP contribution in [0.3, 0.4) is 0 Å². The largest absolute Gasteiger partial charge is 0.383 e. The van der Waals surface area contributed by atoms with Gasteiger partial charge in [-0.3, -0.25) is 4.68 Å². The first-order chi connectivity index (χ1) is 9.20. The lowest BCUT2D eigenvalue weighted by Crippen LogP contribution is -2.15. The van der Waals surface area contributed by atoms with Crippen molar-refractivity contribution >= 4 is 11.6 Å². The molecule has 2 aromatic rings. The van der Waals surface area contributed by atoms with Gasteiger partial charge in [0, 0.05) is 24.7 Å². The van der Waals surface area contributed by atoms with Crippen LogP contribution in [0, 0.1) is 6.92 Å². The number of hydrogen-bond acceptors (Lipinski definition) is 6. The second kappa shape index (κ2) is 6.12. The van der Waals surface area contributed by atoms with Crippen LogP contribution in [0.5, 0.6) is 0 Å². The quantitative estimate of drug-likeness (QED) is 0.806. The van der Waals surface area contributed by atoms with Crippen LogP contribution in [0.25, 0.3) is 0 Å². The summed E-state index contributed by atoms with van der Waals surface area (Å²) in [7, 11) is 0. The number of nitrogens with one attached hydrogen (secondary N) is 1. The second-order valence-electron chi connectivity index (χ2n) is 4.34. The summed E-state index contributed by atoms with van der Waals surface area (Å²) in [6.07, 6.45) is 5.32. The van der Waals surface area contributed by atoms with Gasteiger partial charge < -0.3 is 11.1 Å². The molecule has 0 saturated carbocycles. The van der Waals surface area contributed by atoms with Crippen LogP contribution in [0.2, 0.25) is 0 Å². The van der Waals surface area contributed by atoms with E-state index in [0.717, 1.165) is 36.6 Å². The van der Waals surface area contributed by atoms with E-state index in [9.17, 15) is 0 Å². The molecular formula is C12H19N7. The fourth-order valence-electron chi connectivity index (χ4n) is 1.73. The van der Waals surface area contributed by atoms with E-state index in [1.807, 2.05) is 13.1 Å². The van der Waals surface area contributed by atoms with Crippen LogP contribution in [0.1, 0.15) is 24.7 Å². The number of nitrogens with zero attached hydrogens (tertiary/aromatic N) is 5. The third kappa shape index (κ3) is 3.40. The summed E-state index contributed by atoms with van der Waals surface area (Å²) < 4.78 is 1.76. The van der Waals surface area contributed by atoms with Gasteiger partial charge in [-0.05, 0) is 13.3 Å². The monoisotopic (exact) mass is 261 g/mol. The maximum atomic E-state index is 5.90. The average molecular weight is 261 g/mol. The fourth-order valence-corrected chi connectivity index (χ4v) is 1.73. The molecule has 0 atom stereocenters. The van der Waals surface area contributed by atoms with Gasteiger partial charge in [0.25, 0.3) is 0 Å². The number of nitrogens with two attached hydrogens (primary N) is 1. The van der Waals surface area contributed by atoms with Gasteiger partial charge in [-0.1, -0.05) is 12.1 Å². The zero-order chi connectivity index (χ0) is 13.7. The Morgan fingerprint density at radius 3 is 2.89 bits per heavy atom. The lowest BCUT2D eigenvalue weighted by Gasteiger charge is -2.11. The van der Waals surface area contributed by atoms with E-state index in [1.165, 1.54) is 0 Å². The Hall–Kier alpha value is -2.18. The Balaban J connectivity index is 2.02. The lowest BCUT2D eigenvalue weighted by atomic mass is 10.2. The van der Waals surface area contributed by atoms with Gasteiger partial charge in [0.1, 0.15) is 17.5 Å². The Bertz CT molecular complexity index is 521. The SMILES string of the molecule is CCCc1nc(N)c(C)c(NCCn2ccnn2)n1. The van der Waals surface area contributed by atoms with Crippen molar-refractivity contribution in [2.24, 2.45) is 0 Å². The Morgan fingerprint density at radius 1 is 1.37 bits per heavy atom. The predicted octanol–water partition coefficient (Wildman–Crippen LogP) is 1.02. The minimum absolute atomic E-state index is 0.543. The third-order valence-corrected chi connectivity index (χ3v) is 2.81. The summed E-state index contributed by atoms with van der Waals surface area (Å²) in [6.45, 7) is 5.46. The highest BCUT2D eigenvalue weighted by Gasteiger charge is 2.07. The van der Waals surface area contributed by atoms with E-state index in [1.54, 1.807) is 10.9 Å². The van der Waals surface area contributed by atoms with E-state index in [2.05, 4.69) is 32.5 Å². The maximum absolute atomic E-state index is 5.90. The third-order valence-electron chi connectivity index (χ3n) is 2.81. The van der Waals surface area contributed by atoms with Crippen LogP contribution in [-0.4, -0.2) is 31.5 Å². The first-order valence-electron chi connectivity index (χ1n) is 6.41. The van der Waals surface area contributed by atoms with Crippen molar-refractivity contribution in [3.63, 3.8) is 0 Å². The normalized spacial score (nSPS) is 10.6. The molecule has 2 rings (SSSR count). The van der Waals surface area contributed by atoms with Crippen LogP contribution in [0.4, 0.5) is 11.6 Å². The zero-order valence-corrected chi connectivity index (χ0v) is 11.3. The van der Waals surface area contributed by atoms with Gasteiger partial charge in [0.05, 0.1) is 12.7 Å². The fraction of sp³-hybridized carbons (Fsp3) is 0.500. The molecule has 0 aliphatic rings. The highest BCUT2D eigenvalue weighted by molar-refractivity contribution is 5.54. The van der Waals surface area contributed by atoms with Gasteiger partial charge in [0.15, 0.2) is 0 Å². The summed E-state index contributed by atoms with van der Waals surface area (Å²) in [5.74, 6) is 2.13. The number of aryl methyl sites for hydroxylation is 1. The van der Waals surface area contributed by atoms with E-state index >= 15 is 0 Å². The topological polar surface area (TPSA) is 94.5 Å². The van der Waals surface area contributed by atoms with Crippen molar-refractivity contribution in [1.29, 1.82) is 0 Å². The molecule has 2 heterocycles. The van der Waals surface area contributed by atoms with E-state index in [-0.39, 0.29) is 0 Å². The molecule has 0 amide bonds. The molecular weight excluding hydrogens is 242 g/mol. The molecule has 0 aliphatic heterocycles. The lowest BCUT2D eigenvalue weighted by molar-refractivity contribution is 0.608. The van der Waals surface area contributed by atoms with Crippen molar-refractivity contribution in [2.45, 2.75) is 33.2 Å². The van der Waals surface area contributed by atoms with Crippen LogP contribution >= 0.6 is 0 Å². The van der Waals surface area contributed by atoms with Crippen molar-refractivity contribution in [1.82, 2.24) is 25.0 Å². The Morgan fingerprint density at radius 2 is 2.21 bits per heavy atom. The summed E-state index contributed by atoms with van der Waals surface area (Å²) >= 11 is 0. The van der Waals surface area contributed by atoms with Gasteiger partial charge >= 0.3 is 0 Å². The zero-order valence-electron chi connectivity index (χ0n) is 11.3. The molecule has 0 aromatic carbocycles. The van der Waals surface area contributed by atoms with E-state index < -0.39 is 0 Å². The number of hydrogen-bond donors (Lipinski definition) is 2. The van der Waals surface area contributed by atoms with E-state index in [4.69, 9.17) is 5.73 Å². The van der Waals surface area contributed by atoms with Crippen molar-refractivity contribution in [2.75, 3.05) is 17.6 Å². The highest BCUT2D eigenvalue weighted by Crippen LogP contribution is 2.17. The summed E-state index contributed by atoms with van der Waals surface area (Å²) in [4.78, 5) is 8.77. The smallest absolute Gasteiger partial charge is 0.134 e. The van der Waals surface area contributed by atoms with Gasteiger partial charge in [0.2, 0.25) is 0 Å². The molecule has 0 radical (unpaired) electrons. The van der Waals surface area contributed by atoms with Crippen molar-refractivity contribution in [3.8, 4) is 0 Å². The Kier molecular flexibility index (Phi) is 4.27. The minimum Gasteiger partial charge on any atom is -0.383 e. The van der Waals surface area contributed by atoms with Crippen LogP contribution < -0.4 is 11.1 Å². The highest BCUT2D eigenvalue weighted by atomic mass is 15.4. The molecule has 19 heavy (non-hydrogen) atoms. The van der Waals surface area contributed by atoms with Gasteiger partial charge in [-0.25, -0.2) is 9.97 Å². The predicted molar refractivity (Wildman–Crippen MR) is 73.7 cm³/mol. The standard InChI is InChI=1S/C12H19N7/c1-3-4-10-16-11(13)9(2)12(17-10)14-5-7-19-8-6-15-18-19/h6,8H,3-5,7H2,1-2H3,(H3,13,14,16,17). The molecule has 102 valence electrons. The van der Waals surface area contributed by atoms with Gasteiger partial charge in [-0.2, -0.15) is 0 Å². The average Bonchev–Trinajstić information content (AvgIpc) is 2.88. The molecule has 0 fully saturated rings. The van der Waals surface area contributed by atoms with Crippen molar-refractivity contribution < 1.29 is 0 Å². The summed E-state index contributed by atoms with van der Waals surface area (Å²) in [5, 5.41) is 10.9. The second-order valence-corrected chi connectivity index (χ2v) is 4.34. The number of aromatic nitrogens is 5. The summed E-state index contributed by atoms with van der Waals surface area (Å²) in [5.41, 5.74) is 6.79. The Labute approximate surface area is 112 Å². The minimum atomic E-state index is 0.543. The molecule has 2 aromatic heterocycles. The molecule has 0 bridgehead atoms. The molecule has 0 saturated heterocycles. The number of nitrogen functional groups attached to an aromatic ring is 1. The molecule has 3 N–H and O–H groups in total. The van der Waals surface area contributed by atoms with Crippen molar-refractivity contribution in [3.05, 3.63) is 23.8 Å². The number of rotatable bonds is 6. The molecule has 0 aliphatic carbocycles. The number of anilines is 2. The molecule has 0 unspecified atom stereocenters.